The van der Waals surface area contributed by atoms with E-state index in [1.165, 1.54) is 11.1 Å². The number of fused-ring (bicyclic) bond motifs is 1. The highest BCUT2D eigenvalue weighted by atomic mass is 16.3. The summed E-state index contributed by atoms with van der Waals surface area (Å²) in [6.07, 6.45) is 5.22. The third-order valence-electron chi connectivity index (χ3n) is 2.55. The standard InChI is InChI=1S/C12H14O/c1-8(2)11-6-9-4-3-5-10(9)7-12(11)13/h3-4,6-8,13H,5H2,1-2H3. The van der Waals surface area contributed by atoms with E-state index >= 15 is 0 Å². The Morgan fingerprint density at radius 2 is 2.08 bits per heavy atom. The average Bonchev–Trinajstić information content (AvgIpc) is 2.48. The lowest BCUT2D eigenvalue weighted by molar-refractivity contribution is 0.464. The average molecular weight is 174 g/mol. The Morgan fingerprint density at radius 1 is 1.31 bits per heavy atom. The van der Waals surface area contributed by atoms with Gasteiger partial charge in [0, 0.05) is 0 Å². The number of allylic oxidation sites excluding steroid dienone is 1. The third kappa shape index (κ3) is 1.35. The van der Waals surface area contributed by atoms with Gasteiger partial charge in [-0.15, -0.1) is 0 Å². The molecule has 1 aromatic carbocycles. The van der Waals surface area contributed by atoms with Gasteiger partial charge in [0.1, 0.15) is 5.75 Å². The van der Waals surface area contributed by atoms with Crippen LogP contribution in [0.15, 0.2) is 18.2 Å². The fraction of sp³-hybridized carbons (Fsp3) is 0.333. The Bertz CT molecular complexity index is 362. The first-order valence-electron chi connectivity index (χ1n) is 4.71. The maximum atomic E-state index is 9.72. The normalized spacial score (nSPS) is 13.8. The highest BCUT2D eigenvalue weighted by Gasteiger charge is 2.12. The van der Waals surface area contributed by atoms with Gasteiger partial charge >= 0.3 is 0 Å². The van der Waals surface area contributed by atoms with Crippen LogP contribution in [0.2, 0.25) is 0 Å². The summed E-state index contributed by atoms with van der Waals surface area (Å²) in [5.74, 6) is 0.830. The van der Waals surface area contributed by atoms with Gasteiger partial charge in [0.05, 0.1) is 0 Å². The summed E-state index contributed by atoms with van der Waals surface area (Å²) < 4.78 is 0. The number of rotatable bonds is 1. The van der Waals surface area contributed by atoms with E-state index in [0.29, 0.717) is 11.7 Å². The molecule has 0 saturated heterocycles. The van der Waals surface area contributed by atoms with Crippen LogP contribution in [0, 0.1) is 0 Å². The van der Waals surface area contributed by atoms with Crippen molar-refractivity contribution >= 4 is 6.08 Å². The largest absolute Gasteiger partial charge is 0.508 e. The van der Waals surface area contributed by atoms with Crippen LogP contribution < -0.4 is 0 Å². The van der Waals surface area contributed by atoms with E-state index in [4.69, 9.17) is 0 Å². The lowest BCUT2D eigenvalue weighted by Crippen LogP contribution is -1.91. The van der Waals surface area contributed by atoms with Crippen molar-refractivity contribution in [2.24, 2.45) is 0 Å². The number of phenolic OH excluding ortho intramolecular Hbond substituents is 1. The summed E-state index contributed by atoms with van der Waals surface area (Å²) in [4.78, 5) is 0. The molecule has 0 heterocycles. The number of aromatic hydroxyl groups is 1. The predicted octanol–water partition coefficient (Wildman–Crippen LogP) is 3.08. The summed E-state index contributed by atoms with van der Waals surface area (Å²) in [6.45, 7) is 4.19. The smallest absolute Gasteiger partial charge is 0.119 e. The van der Waals surface area contributed by atoms with Crippen LogP contribution in [0.5, 0.6) is 5.75 Å². The second kappa shape index (κ2) is 2.91. The molecule has 0 atom stereocenters. The Hall–Kier alpha value is -1.24. The van der Waals surface area contributed by atoms with E-state index in [0.717, 1.165) is 12.0 Å². The second-order valence-electron chi connectivity index (χ2n) is 3.87. The number of hydrogen-bond donors (Lipinski definition) is 1. The zero-order valence-corrected chi connectivity index (χ0v) is 8.04. The van der Waals surface area contributed by atoms with Crippen molar-refractivity contribution in [2.45, 2.75) is 26.2 Å². The molecule has 0 unspecified atom stereocenters. The minimum Gasteiger partial charge on any atom is -0.508 e. The molecule has 1 heteroatoms. The van der Waals surface area contributed by atoms with Crippen molar-refractivity contribution in [3.63, 3.8) is 0 Å². The van der Waals surface area contributed by atoms with Gasteiger partial charge in [-0.2, -0.15) is 0 Å². The second-order valence-corrected chi connectivity index (χ2v) is 3.87. The van der Waals surface area contributed by atoms with Crippen molar-refractivity contribution < 1.29 is 5.11 Å². The Morgan fingerprint density at radius 3 is 2.77 bits per heavy atom. The minimum atomic E-state index is 0.388. The van der Waals surface area contributed by atoms with Crippen molar-refractivity contribution in [1.82, 2.24) is 0 Å². The molecule has 0 amide bonds. The zero-order chi connectivity index (χ0) is 9.42. The molecule has 0 spiro atoms. The first-order chi connectivity index (χ1) is 6.18. The molecule has 1 N–H and O–H groups in total. The van der Waals surface area contributed by atoms with Gasteiger partial charge in [-0.25, -0.2) is 0 Å². The molecule has 0 aliphatic heterocycles. The molecule has 0 saturated carbocycles. The van der Waals surface area contributed by atoms with Crippen LogP contribution in [0.4, 0.5) is 0 Å². The van der Waals surface area contributed by atoms with Crippen molar-refractivity contribution in [1.29, 1.82) is 0 Å². The molecule has 1 aromatic rings. The third-order valence-corrected chi connectivity index (χ3v) is 2.55. The molecule has 0 fully saturated rings. The van der Waals surface area contributed by atoms with E-state index in [9.17, 15) is 5.11 Å². The van der Waals surface area contributed by atoms with Crippen molar-refractivity contribution in [3.05, 3.63) is 34.9 Å². The molecule has 1 aliphatic carbocycles. The number of hydrogen-bond acceptors (Lipinski definition) is 1. The summed E-state index contributed by atoms with van der Waals surface area (Å²) in [5.41, 5.74) is 3.55. The fourth-order valence-corrected chi connectivity index (χ4v) is 1.77. The van der Waals surface area contributed by atoms with Crippen LogP contribution in [0.25, 0.3) is 6.08 Å². The Kier molecular flexibility index (Phi) is 1.87. The van der Waals surface area contributed by atoms with Crippen molar-refractivity contribution in [2.75, 3.05) is 0 Å². The van der Waals surface area contributed by atoms with Gasteiger partial charge < -0.3 is 5.11 Å². The molecule has 13 heavy (non-hydrogen) atoms. The molecular formula is C12H14O. The van der Waals surface area contributed by atoms with E-state index < -0.39 is 0 Å². The summed E-state index contributed by atoms with van der Waals surface area (Å²) in [5, 5.41) is 9.72. The monoisotopic (exact) mass is 174 g/mol. The quantitative estimate of drug-likeness (QED) is 0.693. The van der Waals surface area contributed by atoms with Gasteiger partial charge in [-0.1, -0.05) is 26.0 Å². The highest BCUT2D eigenvalue weighted by Crippen LogP contribution is 2.31. The first kappa shape index (κ1) is 8.36. The molecule has 68 valence electrons. The summed E-state index contributed by atoms with van der Waals surface area (Å²) in [6, 6.07) is 3.99. The van der Waals surface area contributed by atoms with E-state index in [1.54, 1.807) is 0 Å². The predicted molar refractivity (Wildman–Crippen MR) is 54.9 cm³/mol. The van der Waals surface area contributed by atoms with Crippen LogP contribution in [-0.4, -0.2) is 5.11 Å². The molecule has 0 bridgehead atoms. The number of phenols is 1. The van der Waals surface area contributed by atoms with Crippen LogP contribution in [0.3, 0.4) is 0 Å². The van der Waals surface area contributed by atoms with E-state index in [-0.39, 0.29) is 0 Å². The molecule has 0 radical (unpaired) electrons. The number of benzene rings is 1. The molecule has 1 nitrogen and oxygen atoms in total. The summed E-state index contributed by atoms with van der Waals surface area (Å²) >= 11 is 0. The van der Waals surface area contributed by atoms with E-state index in [2.05, 4.69) is 32.1 Å². The van der Waals surface area contributed by atoms with Gasteiger partial charge in [0.2, 0.25) is 0 Å². The molecule has 1 aliphatic rings. The lowest BCUT2D eigenvalue weighted by atomic mass is 9.97. The van der Waals surface area contributed by atoms with E-state index in [1.807, 2.05) is 6.07 Å². The van der Waals surface area contributed by atoms with Crippen molar-refractivity contribution in [3.8, 4) is 5.75 Å². The van der Waals surface area contributed by atoms with Gasteiger partial charge in [0.15, 0.2) is 0 Å². The SMILES string of the molecule is CC(C)c1cc2c(cc1O)CC=C2. The Balaban J connectivity index is 2.54. The topological polar surface area (TPSA) is 20.2 Å². The maximum absolute atomic E-state index is 9.72. The van der Waals surface area contributed by atoms with Crippen LogP contribution in [-0.2, 0) is 6.42 Å². The molecular weight excluding hydrogens is 160 g/mol. The summed E-state index contributed by atoms with van der Waals surface area (Å²) in [7, 11) is 0. The van der Waals surface area contributed by atoms with Crippen LogP contribution >= 0.6 is 0 Å². The zero-order valence-electron chi connectivity index (χ0n) is 8.04. The van der Waals surface area contributed by atoms with Gasteiger partial charge in [-0.3, -0.25) is 0 Å². The molecule has 0 aromatic heterocycles. The Labute approximate surface area is 78.7 Å². The fourth-order valence-electron chi connectivity index (χ4n) is 1.77. The van der Waals surface area contributed by atoms with Gasteiger partial charge in [-0.05, 0) is 41.2 Å². The van der Waals surface area contributed by atoms with Gasteiger partial charge in [0.25, 0.3) is 0 Å². The minimum absolute atomic E-state index is 0.388. The highest BCUT2D eigenvalue weighted by molar-refractivity contribution is 5.63. The lowest BCUT2D eigenvalue weighted by Gasteiger charge is -2.10. The van der Waals surface area contributed by atoms with Crippen LogP contribution in [0.1, 0.15) is 36.5 Å². The first-order valence-corrected chi connectivity index (χ1v) is 4.71. The molecule has 2 rings (SSSR count). The maximum Gasteiger partial charge on any atom is 0.119 e.